The lowest BCUT2D eigenvalue weighted by molar-refractivity contribution is -0.0447. The number of benzene rings is 1. The number of morpholine rings is 1. The minimum absolute atomic E-state index is 0.0543. The average molecular weight is 314 g/mol. The molecule has 2 heterocycles. The molecule has 1 aliphatic carbocycles. The van der Waals surface area contributed by atoms with E-state index in [0.717, 1.165) is 29.8 Å². The largest absolute Gasteiger partial charge is 0.374 e. The van der Waals surface area contributed by atoms with Gasteiger partial charge in [0.2, 0.25) is 0 Å². The number of rotatable bonds is 2. The molecule has 22 heavy (non-hydrogen) atoms. The van der Waals surface area contributed by atoms with Crippen molar-refractivity contribution in [3.05, 3.63) is 41.4 Å². The number of hydrogen-bond acceptors (Lipinski definition) is 4. The number of nitrogens with zero attached hydrogens (tertiary/aromatic N) is 2. The Kier molecular flexibility index (Phi) is 3.68. The van der Waals surface area contributed by atoms with E-state index in [1.54, 1.807) is 0 Å². The molecule has 1 saturated heterocycles. The molecule has 114 valence electrons. The van der Waals surface area contributed by atoms with Gasteiger partial charge in [-0.05, 0) is 19.3 Å². The summed E-state index contributed by atoms with van der Waals surface area (Å²) < 4.78 is 5.78. The highest BCUT2D eigenvalue weighted by molar-refractivity contribution is 7.13. The van der Waals surface area contributed by atoms with E-state index in [9.17, 15) is 4.79 Å². The predicted molar refractivity (Wildman–Crippen MR) is 86.0 cm³/mol. The Morgan fingerprint density at radius 2 is 2.14 bits per heavy atom. The maximum atomic E-state index is 12.8. The molecule has 1 aromatic heterocycles. The molecule has 4 nitrogen and oxygen atoms in total. The van der Waals surface area contributed by atoms with Crippen LogP contribution in [0.1, 0.15) is 29.8 Å². The highest BCUT2D eigenvalue weighted by atomic mass is 32.1. The van der Waals surface area contributed by atoms with Crippen molar-refractivity contribution >= 4 is 17.2 Å². The molecule has 4 rings (SSSR count). The molecule has 0 bridgehead atoms. The van der Waals surface area contributed by atoms with Crippen molar-refractivity contribution in [2.24, 2.45) is 0 Å². The highest BCUT2D eigenvalue weighted by Gasteiger charge is 2.39. The molecule has 5 heteroatoms. The van der Waals surface area contributed by atoms with Crippen LogP contribution in [-0.4, -0.2) is 41.1 Å². The number of fused-ring (bicyclic) bond motifs is 1. The number of thiazole rings is 1. The molecule has 2 atom stereocenters. The third kappa shape index (κ3) is 2.44. The summed E-state index contributed by atoms with van der Waals surface area (Å²) in [5.41, 5.74) is 1.63. The maximum absolute atomic E-state index is 12.8. The van der Waals surface area contributed by atoms with Crippen LogP contribution in [0.4, 0.5) is 0 Å². The Hall–Kier alpha value is -1.72. The van der Waals surface area contributed by atoms with Crippen molar-refractivity contribution in [3.8, 4) is 10.6 Å². The quantitative estimate of drug-likeness (QED) is 0.855. The van der Waals surface area contributed by atoms with Gasteiger partial charge in [-0.2, -0.15) is 0 Å². The first-order valence-corrected chi connectivity index (χ1v) is 8.64. The first-order chi connectivity index (χ1) is 10.8. The van der Waals surface area contributed by atoms with Crippen LogP contribution >= 0.6 is 11.3 Å². The second-order valence-corrected chi connectivity index (χ2v) is 6.67. The third-order valence-corrected chi connectivity index (χ3v) is 5.38. The highest BCUT2D eigenvalue weighted by Crippen LogP contribution is 2.31. The average Bonchev–Trinajstić information content (AvgIpc) is 3.24. The number of carbonyl (C=O) groups is 1. The van der Waals surface area contributed by atoms with E-state index in [2.05, 4.69) is 4.98 Å². The summed E-state index contributed by atoms with van der Waals surface area (Å²) in [6.45, 7) is 1.32. The predicted octanol–water partition coefficient (Wildman–Crippen LogP) is 3.20. The molecule has 2 aliphatic rings. The van der Waals surface area contributed by atoms with Crippen LogP contribution in [0.2, 0.25) is 0 Å². The van der Waals surface area contributed by atoms with Crippen molar-refractivity contribution in [1.29, 1.82) is 0 Å². The van der Waals surface area contributed by atoms with Crippen LogP contribution < -0.4 is 0 Å². The van der Waals surface area contributed by atoms with Crippen LogP contribution in [0.5, 0.6) is 0 Å². The fourth-order valence-electron chi connectivity index (χ4n) is 3.41. The molecule has 0 N–H and O–H groups in total. The normalized spacial score (nSPS) is 24.3. The number of aromatic nitrogens is 1. The van der Waals surface area contributed by atoms with Gasteiger partial charge in [-0.25, -0.2) is 4.98 Å². The summed E-state index contributed by atoms with van der Waals surface area (Å²) in [5, 5.41) is 2.78. The smallest absolute Gasteiger partial charge is 0.273 e. The molecule has 2 fully saturated rings. The van der Waals surface area contributed by atoms with Gasteiger partial charge in [-0.3, -0.25) is 4.79 Å². The number of amides is 1. The van der Waals surface area contributed by atoms with E-state index in [0.29, 0.717) is 18.8 Å². The van der Waals surface area contributed by atoms with Gasteiger partial charge in [-0.15, -0.1) is 11.3 Å². The van der Waals surface area contributed by atoms with Crippen LogP contribution in [0, 0.1) is 0 Å². The van der Waals surface area contributed by atoms with E-state index in [1.807, 2.05) is 40.6 Å². The summed E-state index contributed by atoms with van der Waals surface area (Å²) in [4.78, 5) is 19.3. The minimum Gasteiger partial charge on any atom is -0.374 e. The molecule has 0 unspecified atom stereocenters. The first-order valence-electron chi connectivity index (χ1n) is 7.76. The summed E-state index contributed by atoms with van der Waals surface area (Å²) in [6, 6.07) is 10.2. The molecule has 0 radical (unpaired) electrons. The topological polar surface area (TPSA) is 42.4 Å². The van der Waals surface area contributed by atoms with Gasteiger partial charge < -0.3 is 9.64 Å². The van der Waals surface area contributed by atoms with Crippen molar-refractivity contribution in [2.75, 3.05) is 13.2 Å². The number of hydrogen-bond donors (Lipinski definition) is 0. The minimum atomic E-state index is 0.0543. The lowest BCUT2D eigenvalue weighted by atomic mass is 10.1. The van der Waals surface area contributed by atoms with Gasteiger partial charge in [0, 0.05) is 17.5 Å². The van der Waals surface area contributed by atoms with Crippen molar-refractivity contribution in [3.63, 3.8) is 0 Å². The fraction of sp³-hybridized carbons (Fsp3) is 0.412. The maximum Gasteiger partial charge on any atom is 0.273 e. The summed E-state index contributed by atoms with van der Waals surface area (Å²) in [5.74, 6) is 0.0543. The standard InChI is InChI=1S/C17H18N2O2S/c20-17(19-9-10-21-15-8-4-7-14(15)19)13-11-22-16(18-13)12-5-2-1-3-6-12/h1-3,5-6,11,14-15H,4,7-10H2/t14-,15-/m0/s1. The SMILES string of the molecule is O=C(c1csc(-c2ccccc2)n1)N1CCO[C@H]2CCC[C@@H]21. The lowest BCUT2D eigenvalue weighted by Gasteiger charge is -2.37. The Balaban J connectivity index is 1.57. The van der Waals surface area contributed by atoms with Crippen molar-refractivity contribution in [2.45, 2.75) is 31.4 Å². The van der Waals surface area contributed by atoms with Crippen LogP contribution in [0.25, 0.3) is 10.6 Å². The van der Waals surface area contributed by atoms with Gasteiger partial charge in [0.15, 0.2) is 0 Å². The van der Waals surface area contributed by atoms with Crippen molar-refractivity contribution < 1.29 is 9.53 Å². The van der Waals surface area contributed by atoms with Gasteiger partial charge in [-0.1, -0.05) is 30.3 Å². The Morgan fingerprint density at radius 1 is 1.27 bits per heavy atom. The molecule has 1 aliphatic heterocycles. The Morgan fingerprint density at radius 3 is 3.00 bits per heavy atom. The summed E-state index contributed by atoms with van der Waals surface area (Å²) >= 11 is 1.53. The monoisotopic (exact) mass is 314 g/mol. The van der Waals surface area contributed by atoms with Crippen LogP contribution in [-0.2, 0) is 4.74 Å². The van der Waals surface area contributed by atoms with Gasteiger partial charge in [0.1, 0.15) is 10.7 Å². The molecule has 1 aromatic carbocycles. The first kappa shape index (κ1) is 13.9. The van der Waals surface area contributed by atoms with Crippen molar-refractivity contribution in [1.82, 2.24) is 9.88 Å². The molecular weight excluding hydrogens is 296 g/mol. The Bertz CT molecular complexity index is 670. The third-order valence-electron chi connectivity index (χ3n) is 4.49. The second-order valence-electron chi connectivity index (χ2n) is 5.81. The number of ether oxygens (including phenoxy) is 1. The number of carbonyl (C=O) groups excluding carboxylic acids is 1. The zero-order valence-corrected chi connectivity index (χ0v) is 13.1. The molecule has 1 amide bonds. The van der Waals surface area contributed by atoms with E-state index in [1.165, 1.54) is 11.3 Å². The summed E-state index contributed by atoms with van der Waals surface area (Å²) in [6.07, 6.45) is 3.49. The van der Waals surface area contributed by atoms with Gasteiger partial charge >= 0.3 is 0 Å². The molecule has 2 aromatic rings. The van der Waals surface area contributed by atoms with Gasteiger partial charge in [0.25, 0.3) is 5.91 Å². The lowest BCUT2D eigenvalue weighted by Crippen LogP contribution is -2.51. The molecule has 0 spiro atoms. The second kappa shape index (κ2) is 5.82. The molecule has 1 saturated carbocycles. The van der Waals surface area contributed by atoms with E-state index in [-0.39, 0.29) is 18.1 Å². The Labute approximate surface area is 133 Å². The van der Waals surface area contributed by atoms with E-state index >= 15 is 0 Å². The zero-order chi connectivity index (χ0) is 14.9. The van der Waals surface area contributed by atoms with Crippen LogP contribution in [0.15, 0.2) is 35.7 Å². The molecular formula is C17H18N2O2S. The fourth-order valence-corrected chi connectivity index (χ4v) is 4.21. The van der Waals surface area contributed by atoms with Gasteiger partial charge in [0.05, 0.1) is 18.8 Å². The zero-order valence-electron chi connectivity index (χ0n) is 12.3. The summed E-state index contributed by atoms with van der Waals surface area (Å²) in [7, 11) is 0. The van der Waals surface area contributed by atoms with Crippen LogP contribution in [0.3, 0.4) is 0 Å². The van der Waals surface area contributed by atoms with E-state index in [4.69, 9.17) is 4.74 Å². The van der Waals surface area contributed by atoms with E-state index < -0.39 is 0 Å².